The van der Waals surface area contributed by atoms with Crippen LogP contribution < -0.4 is 15.8 Å². The van der Waals surface area contributed by atoms with E-state index in [0.29, 0.717) is 19.1 Å². The van der Waals surface area contributed by atoms with E-state index >= 15 is 0 Å². The van der Waals surface area contributed by atoms with Gasteiger partial charge in [0.05, 0.1) is 12.1 Å². The summed E-state index contributed by atoms with van der Waals surface area (Å²) in [6, 6.07) is 7.79. The third-order valence-corrected chi connectivity index (χ3v) is 3.18. The standard InChI is InChI=1S/C15H22N2O2.ClH/c1-11(2)10-19-13-5-3-4-12(8-13)9-17-14(18)15(16)6-7-15;/h3-5,8,11H,6-7,9-10,16H2,1-2H3,(H,17,18);1H. The highest BCUT2D eigenvalue weighted by Gasteiger charge is 2.45. The van der Waals surface area contributed by atoms with E-state index in [-0.39, 0.29) is 18.3 Å². The Morgan fingerprint density at radius 1 is 1.45 bits per heavy atom. The molecule has 0 bridgehead atoms. The number of benzene rings is 1. The predicted octanol–water partition coefficient (Wildman–Crippen LogP) is 2.25. The highest BCUT2D eigenvalue weighted by molar-refractivity contribution is 5.88. The quantitative estimate of drug-likeness (QED) is 0.846. The van der Waals surface area contributed by atoms with Crippen molar-refractivity contribution < 1.29 is 9.53 Å². The minimum atomic E-state index is -0.605. The van der Waals surface area contributed by atoms with E-state index < -0.39 is 5.54 Å². The smallest absolute Gasteiger partial charge is 0.240 e. The van der Waals surface area contributed by atoms with Crippen molar-refractivity contribution in [3.63, 3.8) is 0 Å². The van der Waals surface area contributed by atoms with Crippen LogP contribution in [0.5, 0.6) is 5.75 Å². The van der Waals surface area contributed by atoms with Crippen molar-refractivity contribution in [1.29, 1.82) is 0 Å². The number of amides is 1. The van der Waals surface area contributed by atoms with Gasteiger partial charge in [-0.15, -0.1) is 12.4 Å². The molecule has 1 aliphatic rings. The van der Waals surface area contributed by atoms with Crippen LogP contribution in [0.15, 0.2) is 24.3 Å². The van der Waals surface area contributed by atoms with Crippen LogP contribution in [0.2, 0.25) is 0 Å². The van der Waals surface area contributed by atoms with Gasteiger partial charge in [-0.3, -0.25) is 4.79 Å². The molecular weight excluding hydrogens is 276 g/mol. The van der Waals surface area contributed by atoms with Crippen LogP contribution in [-0.4, -0.2) is 18.1 Å². The van der Waals surface area contributed by atoms with Crippen LogP contribution in [0.25, 0.3) is 0 Å². The summed E-state index contributed by atoms with van der Waals surface area (Å²) in [6.07, 6.45) is 1.58. The van der Waals surface area contributed by atoms with E-state index in [1.165, 1.54) is 0 Å². The van der Waals surface area contributed by atoms with E-state index in [2.05, 4.69) is 19.2 Å². The van der Waals surface area contributed by atoms with Crippen LogP contribution in [0.1, 0.15) is 32.3 Å². The number of hydrogen-bond donors (Lipinski definition) is 2. The topological polar surface area (TPSA) is 64.3 Å². The maximum Gasteiger partial charge on any atom is 0.240 e. The van der Waals surface area contributed by atoms with Crippen molar-refractivity contribution in [2.75, 3.05) is 6.61 Å². The normalized spacial score (nSPS) is 15.4. The molecule has 112 valence electrons. The van der Waals surface area contributed by atoms with Crippen molar-refractivity contribution in [3.05, 3.63) is 29.8 Å². The van der Waals surface area contributed by atoms with Gasteiger partial charge in [0.2, 0.25) is 5.91 Å². The summed E-state index contributed by atoms with van der Waals surface area (Å²) in [5.41, 5.74) is 6.25. The molecule has 0 atom stereocenters. The van der Waals surface area contributed by atoms with Gasteiger partial charge < -0.3 is 15.8 Å². The van der Waals surface area contributed by atoms with Crippen LogP contribution in [0, 0.1) is 5.92 Å². The predicted molar refractivity (Wildman–Crippen MR) is 82.0 cm³/mol. The molecule has 0 aromatic heterocycles. The maximum absolute atomic E-state index is 11.7. The molecule has 5 heteroatoms. The van der Waals surface area contributed by atoms with Crippen molar-refractivity contribution in [3.8, 4) is 5.75 Å². The summed E-state index contributed by atoms with van der Waals surface area (Å²) in [6.45, 7) is 5.42. The Bertz CT molecular complexity index is 459. The van der Waals surface area contributed by atoms with Crippen LogP contribution >= 0.6 is 12.4 Å². The van der Waals surface area contributed by atoms with Crippen molar-refractivity contribution in [1.82, 2.24) is 5.32 Å². The zero-order valence-electron chi connectivity index (χ0n) is 12.0. The number of carbonyl (C=O) groups is 1. The molecule has 0 unspecified atom stereocenters. The lowest BCUT2D eigenvalue weighted by molar-refractivity contribution is -0.123. The lowest BCUT2D eigenvalue weighted by Gasteiger charge is -2.12. The molecule has 0 spiro atoms. The van der Waals surface area contributed by atoms with Crippen molar-refractivity contribution in [2.24, 2.45) is 11.7 Å². The molecule has 1 saturated carbocycles. The molecule has 1 amide bonds. The SMILES string of the molecule is CC(C)COc1cccc(CNC(=O)C2(N)CC2)c1.Cl. The zero-order valence-corrected chi connectivity index (χ0v) is 12.8. The number of nitrogens with one attached hydrogen (secondary N) is 1. The molecule has 0 saturated heterocycles. The highest BCUT2D eigenvalue weighted by Crippen LogP contribution is 2.32. The van der Waals surface area contributed by atoms with E-state index in [0.717, 1.165) is 24.2 Å². The van der Waals surface area contributed by atoms with Gasteiger partial charge in [-0.2, -0.15) is 0 Å². The Hall–Kier alpha value is -1.26. The maximum atomic E-state index is 11.7. The first-order chi connectivity index (χ1) is 8.99. The first kappa shape index (κ1) is 16.8. The molecule has 1 fully saturated rings. The molecule has 0 heterocycles. The second-order valence-corrected chi connectivity index (χ2v) is 5.69. The number of halogens is 1. The molecule has 0 aliphatic heterocycles. The molecule has 4 nitrogen and oxygen atoms in total. The van der Waals surface area contributed by atoms with Gasteiger partial charge in [-0.25, -0.2) is 0 Å². The highest BCUT2D eigenvalue weighted by atomic mass is 35.5. The Balaban J connectivity index is 0.00000200. The van der Waals surface area contributed by atoms with E-state index in [1.54, 1.807) is 0 Å². The van der Waals surface area contributed by atoms with Crippen molar-refractivity contribution >= 4 is 18.3 Å². The van der Waals surface area contributed by atoms with Crippen LogP contribution in [0.3, 0.4) is 0 Å². The van der Waals surface area contributed by atoms with E-state index in [1.807, 2.05) is 24.3 Å². The van der Waals surface area contributed by atoms with Gasteiger partial charge in [0, 0.05) is 6.54 Å². The average molecular weight is 299 g/mol. The summed E-state index contributed by atoms with van der Waals surface area (Å²) >= 11 is 0. The first-order valence-corrected chi connectivity index (χ1v) is 6.78. The minimum absolute atomic E-state index is 0. The second kappa shape index (κ2) is 6.95. The van der Waals surface area contributed by atoms with Crippen molar-refractivity contribution in [2.45, 2.75) is 38.8 Å². The summed E-state index contributed by atoms with van der Waals surface area (Å²) in [7, 11) is 0. The molecule has 2 rings (SSSR count). The van der Waals surface area contributed by atoms with Gasteiger partial charge in [-0.05, 0) is 36.5 Å². The van der Waals surface area contributed by atoms with Gasteiger partial charge in [0.1, 0.15) is 5.75 Å². The molecule has 1 aromatic carbocycles. The number of ether oxygens (including phenoxy) is 1. The third kappa shape index (κ3) is 4.69. The van der Waals surface area contributed by atoms with Crippen LogP contribution in [-0.2, 0) is 11.3 Å². The number of nitrogens with two attached hydrogens (primary N) is 1. The molecule has 1 aliphatic carbocycles. The van der Waals surface area contributed by atoms with E-state index in [9.17, 15) is 4.79 Å². The Kier molecular flexibility index (Phi) is 5.84. The van der Waals surface area contributed by atoms with Gasteiger partial charge in [0.15, 0.2) is 0 Å². The number of hydrogen-bond acceptors (Lipinski definition) is 3. The summed E-state index contributed by atoms with van der Waals surface area (Å²) in [5, 5.41) is 2.87. The Morgan fingerprint density at radius 2 is 2.15 bits per heavy atom. The number of rotatable bonds is 6. The zero-order chi connectivity index (χ0) is 13.9. The largest absolute Gasteiger partial charge is 0.493 e. The summed E-state index contributed by atoms with van der Waals surface area (Å²) < 4.78 is 5.66. The lowest BCUT2D eigenvalue weighted by atomic mass is 10.2. The number of carbonyl (C=O) groups excluding carboxylic acids is 1. The van der Waals surface area contributed by atoms with Gasteiger partial charge in [-0.1, -0.05) is 26.0 Å². The first-order valence-electron chi connectivity index (χ1n) is 6.78. The lowest BCUT2D eigenvalue weighted by Crippen LogP contribution is -2.42. The second-order valence-electron chi connectivity index (χ2n) is 5.69. The van der Waals surface area contributed by atoms with Crippen LogP contribution in [0.4, 0.5) is 0 Å². The fourth-order valence-corrected chi connectivity index (χ4v) is 1.73. The molecule has 0 radical (unpaired) electrons. The molecule has 3 N–H and O–H groups in total. The van der Waals surface area contributed by atoms with Gasteiger partial charge in [0.25, 0.3) is 0 Å². The minimum Gasteiger partial charge on any atom is -0.493 e. The average Bonchev–Trinajstić information content (AvgIpc) is 3.13. The summed E-state index contributed by atoms with van der Waals surface area (Å²) in [4.78, 5) is 11.7. The summed E-state index contributed by atoms with van der Waals surface area (Å²) in [5.74, 6) is 1.28. The fraction of sp³-hybridized carbons (Fsp3) is 0.533. The molecule has 20 heavy (non-hydrogen) atoms. The third-order valence-electron chi connectivity index (χ3n) is 3.18. The fourth-order valence-electron chi connectivity index (χ4n) is 1.73. The Labute approximate surface area is 126 Å². The monoisotopic (exact) mass is 298 g/mol. The Morgan fingerprint density at radius 3 is 2.75 bits per heavy atom. The molecule has 1 aromatic rings. The van der Waals surface area contributed by atoms with Gasteiger partial charge >= 0.3 is 0 Å². The molecular formula is C15H23ClN2O2. The van der Waals surface area contributed by atoms with E-state index in [4.69, 9.17) is 10.5 Å².